The van der Waals surface area contributed by atoms with Crippen molar-refractivity contribution in [3.05, 3.63) is 23.8 Å². The van der Waals surface area contributed by atoms with E-state index in [4.69, 9.17) is 9.47 Å². The molecular formula is C24H31FO6. The van der Waals surface area contributed by atoms with Gasteiger partial charge in [-0.3, -0.25) is 9.59 Å². The summed E-state index contributed by atoms with van der Waals surface area (Å²) in [7, 11) is 1.25. The fraction of sp³-hybridized carbons (Fsp3) is 0.708. The maximum absolute atomic E-state index is 17.1. The van der Waals surface area contributed by atoms with Crippen LogP contribution in [0, 0.1) is 28.6 Å². The van der Waals surface area contributed by atoms with Crippen LogP contribution in [0.2, 0.25) is 0 Å². The van der Waals surface area contributed by atoms with Crippen LogP contribution in [0.25, 0.3) is 0 Å². The third-order valence-electron chi connectivity index (χ3n) is 8.97. The average molecular weight is 435 g/mol. The molecule has 0 amide bonds. The van der Waals surface area contributed by atoms with E-state index in [1.165, 1.54) is 26.2 Å². The van der Waals surface area contributed by atoms with E-state index in [0.29, 0.717) is 24.8 Å². The van der Waals surface area contributed by atoms with E-state index in [1.54, 1.807) is 13.0 Å². The SMILES string of the molecule is COC(=O)[C@@]1(OC(C)=O)[C@@H](C)C[C@H]2[C@@H]3CCC4=CC(=O)C=C[C@]4(C)[C@@]3(F)[C@@H](O)C[C@@]21C. The lowest BCUT2D eigenvalue weighted by Crippen LogP contribution is -2.70. The molecule has 7 heteroatoms. The van der Waals surface area contributed by atoms with Crippen molar-refractivity contribution in [1.29, 1.82) is 0 Å². The van der Waals surface area contributed by atoms with Gasteiger partial charge in [-0.05, 0) is 50.7 Å². The maximum Gasteiger partial charge on any atom is 0.351 e. The molecule has 3 saturated carbocycles. The number of ether oxygens (including phenoxy) is 2. The Morgan fingerprint density at radius 3 is 2.55 bits per heavy atom. The number of rotatable bonds is 2. The average Bonchev–Trinajstić information content (AvgIpc) is 2.90. The number of halogens is 1. The first-order valence-electron chi connectivity index (χ1n) is 11.0. The molecule has 1 N–H and O–H groups in total. The van der Waals surface area contributed by atoms with Gasteiger partial charge < -0.3 is 14.6 Å². The minimum Gasteiger partial charge on any atom is -0.466 e. The topological polar surface area (TPSA) is 89.9 Å². The van der Waals surface area contributed by atoms with E-state index in [-0.39, 0.29) is 18.1 Å². The zero-order chi connectivity index (χ0) is 23.0. The van der Waals surface area contributed by atoms with Crippen LogP contribution in [0.5, 0.6) is 0 Å². The fourth-order valence-corrected chi connectivity index (χ4v) is 7.60. The van der Waals surface area contributed by atoms with Crippen molar-refractivity contribution in [2.75, 3.05) is 7.11 Å². The Morgan fingerprint density at radius 2 is 1.94 bits per heavy atom. The summed E-state index contributed by atoms with van der Waals surface area (Å²) in [6.45, 7) is 6.63. The Bertz CT molecular complexity index is 910. The Kier molecular flexibility index (Phi) is 4.82. The molecule has 31 heavy (non-hydrogen) atoms. The number of fused-ring (bicyclic) bond motifs is 5. The number of allylic oxidation sites excluding steroid dienone is 4. The fourth-order valence-electron chi connectivity index (χ4n) is 7.60. The van der Waals surface area contributed by atoms with Gasteiger partial charge in [0.05, 0.1) is 13.2 Å². The van der Waals surface area contributed by atoms with Crippen molar-refractivity contribution in [3.63, 3.8) is 0 Å². The van der Waals surface area contributed by atoms with Crippen LogP contribution in [0.3, 0.4) is 0 Å². The monoisotopic (exact) mass is 434 g/mol. The van der Waals surface area contributed by atoms with Gasteiger partial charge in [-0.15, -0.1) is 0 Å². The molecule has 0 aromatic rings. The molecule has 8 atom stereocenters. The summed E-state index contributed by atoms with van der Waals surface area (Å²) >= 11 is 0. The molecule has 4 aliphatic carbocycles. The second-order valence-corrected chi connectivity index (χ2v) is 10.2. The van der Waals surface area contributed by atoms with Gasteiger partial charge in [-0.2, -0.15) is 0 Å². The number of carbonyl (C=O) groups is 3. The predicted octanol–water partition coefficient (Wildman–Crippen LogP) is 3.08. The predicted molar refractivity (Wildman–Crippen MR) is 109 cm³/mol. The van der Waals surface area contributed by atoms with Gasteiger partial charge in [0.1, 0.15) is 0 Å². The second-order valence-electron chi connectivity index (χ2n) is 10.2. The Balaban J connectivity index is 1.86. The first-order chi connectivity index (χ1) is 14.4. The molecular weight excluding hydrogens is 403 g/mol. The molecule has 170 valence electrons. The molecule has 0 radical (unpaired) electrons. The largest absolute Gasteiger partial charge is 0.466 e. The molecule has 0 spiro atoms. The first kappa shape index (κ1) is 22.2. The first-order valence-corrected chi connectivity index (χ1v) is 11.0. The van der Waals surface area contributed by atoms with Crippen LogP contribution in [0.4, 0.5) is 4.39 Å². The van der Waals surface area contributed by atoms with Crippen LogP contribution in [-0.4, -0.2) is 47.3 Å². The third kappa shape index (κ3) is 2.50. The van der Waals surface area contributed by atoms with Gasteiger partial charge in [0.15, 0.2) is 11.5 Å². The zero-order valence-electron chi connectivity index (χ0n) is 18.7. The standard InChI is InChI=1S/C24H31FO6/c1-13-10-18-17-7-6-15-11-16(27)8-9-21(15,3)23(17,25)19(28)12-22(18,4)24(13,20(29)30-5)31-14(2)26/h8-9,11,13,17-19,28H,6-7,10,12H2,1-5H3/t13-,17-,18-,19-,21-,22-,23-,24-/m0/s1. The normalized spacial score (nSPS) is 48.2. The zero-order valence-corrected chi connectivity index (χ0v) is 18.7. The summed E-state index contributed by atoms with van der Waals surface area (Å²) < 4.78 is 27.9. The second kappa shape index (κ2) is 6.74. The van der Waals surface area contributed by atoms with Crippen LogP contribution in [0.1, 0.15) is 53.4 Å². The number of ketones is 1. The van der Waals surface area contributed by atoms with Crippen LogP contribution < -0.4 is 0 Å². The van der Waals surface area contributed by atoms with Gasteiger partial charge in [-0.1, -0.05) is 25.5 Å². The smallest absolute Gasteiger partial charge is 0.351 e. The molecule has 0 unspecified atom stereocenters. The lowest BCUT2D eigenvalue weighted by atomic mass is 9.44. The minimum atomic E-state index is -2.00. The minimum absolute atomic E-state index is 0.0535. The van der Waals surface area contributed by atoms with Gasteiger partial charge in [-0.25, -0.2) is 9.18 Å². The highest BCUT2D eigenvalue weighted by Crippen LogP contribution is 2.71. The molecule has 4 aliphatic rings. The highest BCUT2D eigenvalue weighted by atomic mass is 19.1. The molecule has 0 saturated heterocycles. The Labute approximate surface area is 181 Å². The van der Waals surface area contributed by atoms with E-state index >= 15 is 4.39 Å². The number of methoxy groups -OCH3 is 1. The molecule has 6 nitrogen and oxygen atoms in total. The highest BCUT2D eigenvalue weighted by Gasteiger charge is 2.77. The van der Waals surface area contributed by atoms with Crippen LogP contribution in [0.15, 0.2) is 23.8 Å². The lowest BCUT2D eigenvalue weighted by molar-refractivity contribution is -0.234. The lowest BCUT2D eigenvalue weighted by Gasteiger charge is -2.62. The quantitative estimate of drug-likeness (QED) is 0.672. The third-order valence-corrected chi connectivity index (χ3v) is 8.97. The van der Waals surface area contributed by atoms with Crippen molar-refractivity contribution in [2.24, 2.45) is 28.6 Å². The molecule has 0 bridgehead atoms. The van der Waals surface area contributed by atoms with E-state index in [1.807, 2.05) is 13.8 Å². The van der Waals surface area contributed by atoms with E-state index in [9.17, 15) is 19.5 Å². The van der Waals surface area contributed by atoms with E-state index in [0.717, 1.165) is 0 Å². The number of aliphatic hydroxyl groups is 1. The summed E-state index contributed by atoms with van der Waals surface area (Å²) in [5.74, 6) is -2.71. The van der Waals surface area contributed by atoms with E-state index in [2.05, 4.69) is 0 Å². The number of carbonyl (C=O) groups excluding carboxylic acids is 3. The van der Waals surface area contributed by atoms with Crippen molar-refractivity contribution < 1.29 is 33.4 Å². The molecule has 0 aromatic heterocycles. The number of alkyl halides is 1. The number of hydrogen-bond donors (Lipinski definition) is 1. The maximum atomic E-state index is 17.1. The summed E-state index contributed by atoms with van der Waals surface area (Å²) in [5, 5.41) is 11.3. The number of esters is 2. The Hall–Kier alpha value is -2.02. The number of hydrogen-bond acceptors (Lipinski definition) is 6. The summed E-state index contributed by atoms with van der Waals surface area (Å²) in [6.07, 6.45) is 4.46. The summed E-state index contributed by atoms with van der Waals surface area (Å²) in [6, 6.07) is 0. The molecule has 0 aromatic carbocycles. The van der Waals surface area contributed by atoms with Crippen molar-refractivity contribution >= 4 is 17.7 Å². The van der Waals surface area contributed by atoms with Crippen molar-refractivity contribution in [2.45, 2.75) is 70.8 Å². The van der Waals surface area contributed by atoms with Crippen molar-refractivity contribution in [3.8, 4) is 0 Å². The molecule has 0 heterocycles. The van der Waals surface area contributed by atoms with Gasteiger partial charge in [0, 0.05) is 29.6 Å². The molecule has 4 rings (SSSR count). The van der Waals surface area contributed by atoms with Crippen LogP contribution in [-0.2, 0) is 23.9 Å². The number of aliphatic hydroxyl groups excluding tert-OH is 1. The highest BCUT2D eigenvalue weighted by molar-refractivity contribution is 6.01. The van der Waals surface area contributed by atoms with Crippen molar-refractivity contribution in [1.82, 2.24) is 0 Å². The molecule has 0 aliphatic heterocycles. The van der Waals surface area contributed by atoms with Crippen LogP contribution >= 0.6 is 0 Å². The van der Waals surface area contributed by atoms with E-state index < -0.39 is 52.0 Å². The van der Waals surface area contributed by atoms with Gasteiger partial charge in [0.25, 0.3) is 0 Å². The van der Waals surface area contributed by atoms with Gasteiger partial charge >= 0.3 is 11.9 Å². The summed E-state index contributed by atoms with van der Waals surface area (Å²) in [5.41, 5.74) is -4.98. The summed E-state index contributed by atoms with van der Waals surface area (Å²) in [4.78, 5) is 37.1. The Morgan fingerprint density at radius 1 is 1.26 bits per heavy atom. The van der Waals surface area contributed by atoms with Gasteiger partial charge in [0.2, 0.25) is 5.60 Å². The molecule has 3 fully saturated rings.